The summed E-state index contributed by atoms with van der Waals surface area (Å²) in [6, 6.07) is 11.9. The van der Waals surface area contributed by atoms with Crippen LogP contribution in [0.25, 0.3) is 11.4 Å². The monoisotopic (exact) mass is 311 g/mol. The normalized spacial score (nSPS) is 18.0. The van der Waals surface area contributed by atoms with Gasteiger partial charge in [0.05, 0.1) is 0 Å². The summed E-state index contributed by atoms with van der Waals surface area (Å²) in [5.41, 5.74) is 2.02. The maximum atomic E-state index is 12.0. The van der Waals surface area contributed by atoms with E-state index in [1.807, 2.05) is 41.3 Å². The van der Waals surface area contributed by atoms with Crippen LogP contribution >= 0.6 is 0 Å². The molecule has 1 saturated heterocycles. The Labute approximate surface area is 136 Å². The lowest BCUT2D eigenvalue weighted by atomic mass is 9.94. The number of nitrogens with zero attached hydrogens (tertiary/aromatic N) is 3. The molecular weight excluding hydrogens is 290 g/mol. The number of piperidine rings is 1. The van der Waals surface area contributed by atoms with Crippen molar-refractivity contribution >= 4 is 5.91 Å². The Hall–Kier alpha value is -2.27. The minimum atomic E-state index is 0.0505. The fourth-order valence-corrected chi connectivity index (χ4v) is 2.99. The lowest BCUT2D eigenvalue weighted by molar-refractivity contribution is -0.136. The van der Waals surface area contributed by atoms with Gasteiger partial charge in [-0.2, -0.15) is 0 Å². The predicted molar refractivity (Wildman–Crippen MR) is 87.9 cm³/mol. The molecule has 1 aromatic heterocycles. The van der Waals surface area contributed by atoms with Crippen molar-refractivity contribution in [1.29, 1.82) is 0 Å². The second-order valence-electron chi connectivity index (χ2n) is 5.78. The van der Waals surface area contributed by atoms with Crippen LogP contribution in [0.5, 0.6) is 0 Å². The van der Waals surface area contributed by atoms with Crippen molar-refractivity contribution in [2.24, 2.45) is 0 Å². The van der Waals surface area contributed by atoms with Crippen LogP contribution in [0, 0.1) is 0 Å². The van der Waals surface area contributed by atoms with Crippen LogP contribution in [-0.4, -0.2) is 47.6 Å². The maximum absolute atomic E-state index is 12.0. The number of carbonyl (C=O) groups excluding carboxylic acids is 1. The van der Waals surface area contributed by atoms with Crippen LogP contribution in [-0.2, 0) is 9.53 Å². The number of hydrogen-bond donors (Lipinski definition) is 0. The van der Waals surface area contributed by atoms with Crippen LogP contribution in [0.4, 0.5) is 0 Å². The fourth-order valence-electron chi connectivity index (χ4n) is 2.99. The molecule has 0 spiro atoms. The second-order valence-corrected chi connectivity index (χ2v) is 5.78. The van der Waals surface area contributed by atoms with Crippen LogP contribution in [0.3, 0.4) is 0 Å². The Morgan fingerprint density at radius 2 is 2.13 bits per heavy atom. The van der Waals surface area contributed by atoms with E-state index in [-0.39, 0.29) is 18.4 Å². The van der Waals surface area contributed by atoms with Crippen molar-refractivity contribution < 1.29 is 9.53 Å². The average molecular weight is 311 g/mol. The molecule has 1 aromatic carbocycles. The molecule has 1 atom stereocenters. The van der Waals surface area contributed by atoms with Crippen LogP contribution in [0.1, 0.15) is 24.5 Å². The first-order chi connectivity index (χ1) is 11.3. The molecule has 23 heavy (non-hydrogen) atoms. The number of amides is 1. The third-order valence-electron chi connectivity index (χ3n) is 4.17. The quantitative estimate of drug-likeness (QED) is 0.870. The van der Waals surface area contributed by atoms with Gasteiger partial charge in [-0.15, -0.1) is 0 Å². The molecule has 3 rings (SSSR count). The molecule has 5 heteroatoms. The van der Waals surface area contributed by atoms with Gasteiger partial charge in [0.25, 0.3) is 0 Å². The standard InChI is InChI=1S/C18H21N3O2/c1-23-13-17(22)21-11-5-8-15(12-21)16-9-10-19-18(20-16)14-6-3-2-4-7-14/h2-4,6-7,9-10,15H,5,8,11-13H2,1H3/t15-/m0/s1. The Bertz CT molecular complexity index is 660. The van der Waals surface area contributed by atoms with E-state index >= 15 is 0 Å². The van der Waals surface area contributed by atoms with Crippen LogP contribution < -0.4 is 0 Å². The fraction of sp³-hybridized carbons (Fsp3) is 0.389. The Morgan fingerprint density at radius 3 is 2.91 bits per heavy atom. The molecule has 0 N–H and O–H groups in total. The molecule has 5 nitrogen and oxygen atoms in total. The second kappa shape index (κ2) is 7.33. The zero-order valence-electron chi connectivity index (χ0n) is 13.3. The minimum Gasteiger partial charge on any atom is -0.375 e. The molecule has 120 valence electrons. The average Bonchev–Trinajstić information content (AvgIpc) is 2.63. The van der Waals surface area contributed by atoms with E-state index in [2.05, 4.69) is 4.98 Å². The molecule has 2 heterocycles. The highest BCUT2D eigenvalue weighted by atomic mass is 16.5. The summed E-state index contributed by atoms with van der Waals surface area (Å²) in [6.07, 6.45) is 3.84. The third-order valence-corrected chi connectivity index (χ3v) is 4.17. The summed E-state index contributed by atoms with van der Waals surface area (Å²) in [7, 11) is 1.55. The molecule has 0 saturated carbocycles. The van der Waals surface area contributed by atoms with Gasteiger partial charge in [0, 0.05) is 43.6 Å². The highest BCUT2D eigenvalue weighted by Crippen LogP contribution is 2.26. The van der Waals surface area contributed by atoms with E-state index < -0.39 is 0 Å². The molecule has 1 amide bonds. The van der Waals surface area contributed by atoms with E-state index in [1.54, 1.807) is 13.3 Å². The number of carbonyl (C=O) groups is 1. The van der Waals surface area contributed by atoms with Gasteiger partial charge in [-0.25, -0.2) is 9.97 Å². The molecule has 1 fully saturated rings. The van der Waals surface area contributed by atoms with Crippen LogP contribution in [0.15, 0.2) is 42.6 Å². The van der Waals surface area contributed by atoms with Crippen molar-refractivity contribution in [3.8, 4) is 11.4 Å². The molecule has 1 aliphatic heterocycles. The number of hydrogen-bond acceptors (Lipinski definition) is 4. The van der Waals surface area contributed by atoms with Gasteiger partial charge in [-0.3, -0.25) is 4.79 Å². The molecule has 2 aromatic rings. The van der Waals surface area contributed by atoms with Gasteiger partial charge < -0.3 is 9.64 Å². The minimum absolute atomic E-state index is 0.0505. The van der Waals surface area contributed by atoms with E-state index in [4.69, 9.17) is 9.72 Å². The number of likely N-dealkylation sites (tertiary alicyclic amines) is 1. The SMILES string of the molecule is COCC(=O)N1CCC[C@H](c2ccnc(-c3ccccc3)n2)C1. The number of aromatic nitrogens is 2. The van der Waals surface area contributed by atoms with E-state index in [0.717, 1.165) is 36.5 Å². The Balaban J connectivity index is 1.77. The van der Waals surface area contributed by atoms with Crippen molar-refractivity contribution in [3.05, 3.63) is 48.3 Å². The molecule has 0 unspecified atom stereocenters. The summed E-state index contributed by atoms with van der Waals surface area (Å²) in [6.45, 7) is 1.65. The maximum Gasteiger partial charge on any atom is 0.248 e. The summed E-state index contributed by atoms with van der Waals surface area (Å²) in [4.78, 5) is 23.0. The van der Waals surface area contributed by atoms with Gasteiger partial charge in [-0.1, -0.05) is 30.3 Å². The Kier molecular flexibility index (Phi) is 4.98. The predicted octanol–water partition coefficient (Wildman–Crippen LogP) is 2.50. The molecule has 0 bridgehead atoms. The van der Waals surface area contributed by atoms with Gasteiger partial charge in [0.2, 0.25) is 5.91 Å². The molecule has 1 aliphatic rings. The van der Waals surface area contributed by atoms with Gasteiger partial charge in [-0.05, 0) is 18.9 Å². The van der Waals surface area contributed by atoms with E-state index in [0.29, 0.717) is 6.54 Å². The zero-order chi connectivity index (χ0) is 16.1. The Morgan fingerprint density at radius 1 is 1.30 bits per heavy atom. The number of methoxy groups -OCH3 is 1. The van der Waals surface area contributed by atoms with E-state index in [1.165, 1.54) is 0 Å². The number of ether oxygens (including phenoxy) is 1. The van der Waals surface area contributed by atoms with E-state index in [9.17, 15) is 4.79 Å². The first-order valence-corrected chi connectivity index (χ1v) is 7.93. The van der Waals surface area contributed by atoms with Crippen LogP contribution in [0.2, 0.25) is 0 Å². The lowest BCUT2D eigenvalue weighted by Crippen LogP contribution is -2.41. The van der Waals surface area contributed by atoms with Gasteiger partial charge in [0.15, 0.2) is 5.82 Å². The summed E-state index contributed by atoms with van der Waals surface area (Å²) < 4.78 is 4.96. The van der Waals surface area contributed by atoms with Crippen molar-refractivity contribution in [2.75, 3.05) is 26.8 Å². The molecular formula is C18H21N3O2. The highest BCUT2D eigenvalue weighted by molar-refractivity contribution is 5.77. The molecule has 0 radical (unpaired) electrons. The summed E-state index contributed by atoms with van der Waals surface area (Å²) in [5.74, 6) is 1.05. The first-order valence-electron chi connectivity index (χ1n) is 7.93. The topological polar surface area (TPSA) is 55.3 Å². The third kappa shape index (κ3) is 3.74. The first kappa shape index (κ1) is 15.6. The van der Waals surface area contributed by atoms with Gasteiger partial charge in [0.1, 0.15) is 6.61 Å². The van der Waals surface area contributed by atoms with Gasteiger partial charge >= 0.3 is 0 Å². The van der Waals surface area contributed by atoms with Crippen molar-refractivity contribution in [1.82, 2.24) is 14.9 Å². The number of rotatable bonds is 4. The van der Waals surface area contributed by atoms with Crippen molar-refractivity contribution in [3.63, 3.8) is 0 Å². The highest BCUT2D eigenvalue weighted by Gasteiger charge is 2.25. The molecule has 0 aliphatic carbocycles. The summed E-state index contributed by atoms with van der Waals surface area (Å²) in [5, 5.41) is 0. The smallest absolute Gasteiger partial charge is 0.248 e. The largest absolute Gasteiger partial charge is 0.375 e. The number of benzene rings is 1. The zero-order valence-corrected chi connectivity index (χ0v) is 13.3. The lowest BCUT2D eigenvalue weighted by Gasteiger charge is -2.32. The van der Waals surface area contributed by atoms with Crippen molar-refractivity contribution in [2.45, 2.75) is 18.8 Å². The summed E-state index contributed by atoms with van der Waals surface area (Å²) >= 11 is 0.